The third-order valence-electron chi connectivity index (χ3n) is 6.64. The van der Waals surface area contributed by atoms with Crippen molar-refractivity contribution in [3.05, 3.63) is 58.1 Å². The Morgan fingerprint density at radius 3 is 2.34 bits per heavy atom. The van der Waals surface area contributed by atoms with E-state index in [0.717, 1.165) is 56.2 Å². The van der Waals surface area contributed by atoms with Crippen molar-refractivity contribution in [3.63, 3.8) is 0 Å². The summed E-state index contributed by atoms with van der Waals surface area (Å²) >= 11 is 0. The zero-order valence-corrected chi connectivity index (χ0v) is 20.2. The molecule has 0 aromatic heterocycles. The fourth-order valence-corrected chi connectivity index (χ4v) is 4.65. The summed E-state index contributed by atoms with van der Waals surface area (Å²) < 4.78 is 16.3. The highest BCUT2D eigenvalue weighted by molar-refractivity contribution is 5.43. The fourth-order valence-electron chi connectivity index (χ4n) is 4.65. The summed E-state index contributed by atoms with van der Waals surface area (Å²) in [6.07, 6.45) is 0.780. The number of nitrogens with zero attached hydrogens (tertiary/aromatic N) is 2. The smallest absolute Gasteiger partial charge is 0.124 e. The van der Waals surface area contributed by atoms with Crippen molar-refractivity contribution in [1.82, 2.24) is 9.80 Å². The van der Waals surface area contributed by atoms with Gasteiger partial charge in [0.05, 0.1) is 20.8 Å². The molecular weight excluding hydrogens is 404 g/mol. The number of hydrogen-bond donors (Lipinski definition) is 1. The molecule has 6 heteroatoms. The number of hydrogen-bond acceptors (Lipinski definition) is 6. The maximum atomic E-state index is 9.71. The predicted molar refractivity (Wildman–Crippen MR) is 127 cm³/mol. The minimum Gasteiger partial charge on any atom is -0.496 e. The average molecular weight is 443 g/mol. The van der Waals surface area contributed by atoms with Crippen LogP contribution in [0.25, 0.3) is 0 Å². The lowest BCUT2D eigenvalue weighted by molar-refractivity contribution is 0.0498. The van der Waals surface area contributed by atoms with Gasteiger partial charge in [0.25, 0.3) is 0 Å². The van der Waals surface area contributed by atoms with Gasteiger partial charge in [-0.3, -0.25) is 9.80 Å². The summed E-state index contributed by atoms with van der Waals surface area (Å²) in [6.45, 7) is 9.75. The number of aliphatic hydroxyl groups is 1. The highest BCUT2D eigenvalue weighted by Crippen LogP contribution is 2.27. The van der Waals surface area contributed by atoms with Crippen molar-refractivity contribution < 1.29 is 19.3 Å². The van der Waals surface area contributed by atoms with Crippen molar-refractivity contribution in [2.45, 2.75) is 46.0 Å². The van der Waals surface area contributed by atoms with E-state index < -0.39 is 0 Å². The van der Waals surface area contributed by atoms with Gasteiger partial charge >= 0.3 is 0 Å². The summed E-state index contributed by atoms with van der Waals surface area (Å²) in [7, 11) is 5.12. The molecule has 2 aromatic carbocycles. The Morgan fingerprint density at radius 2 is 1.66 bits per heavy atom. The van der Waals surface area contributed by atoms with Gasteiger partial charge in [-0.15, -0.1) is 0 Å². The summed E-state index contributed by atoms with van der Waals surface area (Å²) in [5, 5.41) is 9.71. The average Bonchev–Trinajstić information content (AvgIpc) is 2.79. The van der Waals surface area contributed by atoms with Gasteiger partial charge in [0.2, 0.25) is 0 Å². The summed E-state index contributed by atoms with van der Waals surface area (Å²) in [5.41, 5.74) is 6.16. The van der Waals surface area contributed by atoms with E-state index in [1.54, 1.807) is 21.3 Å². The Kier molecular flexibility index (Phi) is 8.93. The second kappa shape index (κ2) is 11.7. The van der Waals surface area contributed by atoms with E-state index in [1.807, 2.05) is 6.07 Å². The van der Waals surface area contributed by atoms with Crippen molar-refractivity contribution in [3.8, 4) is 11.5 Å². The highest BCUT2D eigenvalue weighted by Gasteiger charge is 2.27. The molecule has 6 nitrogen and oxygen atoms in total. The molecular formula is C26H38N2O4. The third kappa shape index (κ3) is 5.81. The van der Waals surface area contributed by atoms with E-state index in [0.29, 0.717) is 12.6 Å². The molecule has 1 aliphatic rings. The van der Waals surface area contributed by atoms with Gasteiger partial charge in [-0.2, -0.15) is 0 Å². The van der Waals surface area contributed by atoms with E-state index in [-0.39, 0.29) is 6.61 Å². The Balaban J connectivity index is 1.69. The van der Waals surface area contributed by atoms with Gasteiger partial charge in [-0.1, -0.05) is 12.1 Å². The predicted octanol–water partition coefficient (Wildman–Crippen LogP) is 3.54. The van der Waals surface area contributed by atoms with Crippen LogP contribution in [-0.2, 0) is 24.4 Å². The zero-order valence-electron chi connectivity index (χ0n) is 20.2. The van der Waals surface area contributed by atoms with Crippen molar-refractivity contribution >= 4 is 0 Å². The summed E-state index contributed by atoms with van der Waals surface area (Å²) in [5.74, 6) is 1.80. The van der Waals surface area contributed by atoms with Gasteiger partial charge in [-0.05, 0) is 60.7 Å². The molecule has 3 rings (SSSR count). The number of aliphatic hydroxyl groups excluding tert-OH is 1. The second-order valence-corrected chi connectivity index (χ2v) is 8.63. The van der Waals surface area contributed by atoms with Crippen LogP contribution < -0.4 is 9.47 Å². The van der Waals surface area contributed by atoms with E-state index in [4.69, 9.17) is 14.2 Å². The third-order valence-corrected chi connectivity index (χ3v) is 6.64. The van der Waals surface area contributed by atoms with Crippen molar-refractivity contribution in [1.29, 1.82) is 0 Å². The Hall–Kier alpha value is -2.12. The normalized spacial score (nSPS) is 17.5. The zero-order chi connectivity index (χ0) is 23.1. The molecule has 176 valence electrons. The van der Waals surface area contributed by atoms with Gasteiger partial charge in [0, 0.05) is 58.0 Å². The first kappa shape index (κ1) is 24.5. The second-order valence-electron chi connectivity index (χ2n) is 8.63. The lowest BCUT2D eigenvalue weighted by Gasteiger charge is -2.42. The molecule has 0 spiro atoms. The molecule has 1 aliphatic heterocycles. The molecule has 1 N–H and O–H groups in total. The lowest BCUT2D eigenvalue weighted by Crippen LogP contribution is -2.52. The van der Waals surface area contributed by atoms with Crippen LogP contribution in [0.5, 0.6) is 11.5 Å². The van der Waals surface area contributed by atoms with Crippen LogP contribution in [0.1, 0.15) is 34.2 Å². The minimum atomic E-state index is 0.205. The molecule has 1 heterocycles. The molecule has 0 radical (unpaired) electrons. The number of rotatable bonds is 10. The van der Waals surface area contributed by atoms with Gasteiger partial charge in [0.1, 0.15) is 11.5 Å². The molecule has 0 aliphatic carbocycles. The molecule has 2 aromatic rings. The lowest BCUT2D eigenvalue weighted by atomic mass is 10.00. The molecule has 0 saturated carbocycles. The molecule has 1 atom stereocenters. The van der Waals surface area contributed by atoms with E-state index in [9.17, 15) is 5.11 Å². The monoisotopic (exact) mass is 442 g/mol. The highest BCUT2D eigenvalue weighted by atomic mass is 16.5. The van der Waals surface area contributed by atoms with Gasteiger partial charge in [-0.25, -0.2) is 0 Å². The van der Waals surface area contributed by atoms with E-state index in [2.05, 4.69) is 47.9 Å². The SMILES string of the molecule is COCc1cc(CN2CCN(Cc3ccc(OC)c(C)c3C)[C@H](CCO)C2)ccc1OC. The van der Waals surface area contributed by atoms with Crippen LogP contribution in [0.3, 0.4) is 0 Å². The van der Waals surface area contributed by atoms with Gasteiger partial charge < -0.3 is 19.3 Å². The fraction of sp³-hybridized carbons (Fsp3) is 0.538. The number of benzene rings is 2. The first-order chi connectivity index (χ1) is 15.5. The quantitative estimate of drug-likeness (QED) is 0.608. The molecule has 1 saturated heterocycles. The largest absolute Gasteiger partial charge is 0.496 e. The topological polar surface area (TPSA) is 54.4 Å². The van der Waals surface area contributed by atoms with E-state index >= 15 is 0 Å². The molecule has 0 bridgehead atoms. The van der Waals surface area contributed by atoms with Crippen molar-refractivity contribution in [2.75, 3.05) is 47.6 Å². The van der Waals surface area contributed by atoms with Gasteiger partial charge in [0.15, 0.2) is 0 Å². The first-order valence-electron chi connectivity index (χ1n) is 11.4. The Morgan fingerprint density at radius 1 is 0.906 bits per heavy atom. The van der Waals surface area contributed by atoms with Crippen LogP contribution in [0.4, 0.5) is 0 Å². The van der Waals surface area contributed by atoms with Crippen LogP contribution in [0, 0.1) is 13.8 Å². The number of ether oxygens (including phenoxy) is 3. The number of methoxy groups -OCH3 is 3. The number of piperazine rings is 1. The summed E-state index contributed by atoms with van der Waals surface area (Å²) in [6, 6.07) is 10.9. The van der Waals surface area contributed by atoms with Crippen LogP contribution in [-0.4, -0.2) is 68.5 Å². The van der Waals surface area contributed by atoms with Crippen LogP contribution in [0.2, 0.25) is 0 Å². The Labute approximate surface area is 192 Å². The Bertz CT molecular complexity index is 886. The molecule has 0 amide bonds. The molecule has 32 heavy (non-hydrogen) atoms. The maximum Gasteiger partial charge on any atom is 0.124 e. The first-order valence-corrected chi connectivity index (χ1v) is 11.4. The van der Waals surface area contributed by atoms with Crippen LogP contribution >= 0.6 is 0 Å². The summed E-state index contributed by atoms with van der Waals surface area (Å²) in [4.78, 5) is 5.01. The molecule has 0 unspecified atom stereocenters. The van der Waals surface area contributed by atoms with E-state index in [1.165, 1.54) is 22.3 Å². The standard InChI is InChI=1S/C26H38N2O4/c1-19-20(2)25(31-4)9-7-22(19)16-28-12-11-27(17-24(28)10-13-29)15-21-6-8-26(32-5)23(14-21)18-30-3/h6-9,14,24,29H,10-13,15-18H2,1-5H3/t24-/m1/s1. The van der Waals surface area contributed by atoms with Crippen molar-refractivity contribution in [2.24, 2.45) is 0 Å². The minimum absolute atomic E-state index is 0.205. The maximum absolute atomic E-state index is 9.71. The molecule has 1 fully saturated rings. The van der Waals surface area contributed by atoms with Crippen LogP contribution in [0.15, 0.2) is 30.3 Å².